The number of carbonyl (C=O) groups is 2. The van der Waals surface area contributed by atoms with Gasteiger partial charge in [-0.25, -0.2) is 0 Å². The summed E-state index contributed by atoms with van der Waals surface area (Å²) in [4.78, 5) is 27.0. The van der Waals surface area contributed by atoms with Crippen molar-refractivity contribution in [2.24, 2.45) is 0 Å². The summed E-state index contributed by atoms with van der Waals surface area (Å²) in [6.45, 7) is 3.00. The molecule has 0 bridgehead atoms. The lowest BCUT2D eigenvalue weighted by Gasteiger charge is -2.31. The van der Waals surface area contributed by atoms with Crippen molar-refractivity contribution in [2.75, 3.05) is 24.5 Å². The van der Waals surface area contributed by atoms with E-state index in [0.29, 0.717) is 10.7 Å². The summed E-state index contributed by atoms with van der Waals surface area (Å²) in [5.41, 5.74) is 0.643. The van der Waals surface area contributed by atoms with Gasteiger partial charge < -0.3 is 14.9 Å². The zero-order chi connectivity index (χ0) is 15.4. The molecule has 2 rings (SSSR count). The van der Waals surface area contributed by atoms with Gasteiger partial charge in [-0.15, -0.1) is 0 Å². The van der Waals surface area contributed by atoms with Gasteiger partial charge in [0.2, 0.25) is 5.91 Å². The molecule has 5 nitrogen and oxygen atoms in total. The smallest absolute Gasteiger partial charge is 0.323 e. The van der Waals surface area contributed by atoms with Crippen molar-refractivity contribution < 1.29 is 14.7 Å². The van der Waals surface area contributed by atoms with Gasteiger partial charge in [-0.1, -0.05) is 17.7 Å². The van der Waals surface area contributed by atoms with E-state index >= 15 is 0 Å². The van der Waals surface area contributed by atoms with E-state index in [1.165, 1.54) is 0 Å². The molecule has 1 atom stereocenters. The van der Waals surface area contributed by atoms with E-state index < -0.39 is 12.0 Å². The average Bonchev–Trinajstić information content (AvgIpc) is 2.97. The van der Waals surface area contributed by atoms with Gasteiger partial charge in [0.1, 0.15) is 12.6 Å². The van der Waals surface area contributed by atoms with Gasteiger partial charge in [-0.05, 0) is 38.0 Å². The second kappa shape index (κ2) is 6.80. The van der Waals surface area contributed by atoms with E-state index in [-0.39, 0.29) is 12.5 Å². The molecule has 6 heteroatoms. The Morgan fingerprint density at radius 3 is 2.62 bits per heavy atom. The highest BCUT2D eigenvalue weighted by Gasteiger charge is 2.29. The Labute approximate surface area is 129 Å². The Morgan fingerprint density at radius 2 is 2.05 bits per heavy atom. The van der Waals surface area contributed by atoms with Crippen LogP contribution in [-0.2, 0) is 9.59 Å². The van der Waals surface area contributed by atoms with Crippen LogP contribution in [0.1, 0.15) is 19.8 Å². The lowest BCUT2D eigenvalue weighted by molar-refractivity contribution is -0.135. The van der Waals surface area contributed by atoms with Crippen molar-refractivity contribution in [3.05, 3.63) is 29.3 Å². The lowest BCUT2D eigenvalue weighted by atomic mass is 10.2. The number of carboxylic acids is 1. The van der Waals surface area contributed by atoms with Crippen LogP contribution in [-0.4, -0.2) is 47.6 Å². The number of carboxylic acid groups (broad SMARTS) is 1. The third kappa shape index (κ3) is 3.88. The first kappa shape index (κ1) is 15.6. The molecular formula is C15H19ClN2O3. The Morgan fingerprint density at radius 1 is 1.38 bits per heavy atom. The summed E-state index contributed by atoms with van der Waals surface area (Å²) in [7, 11) is 0. The molecule has 1 amide bonds. The molecule has 0 radical (unpaired) electrons. The minimum Gasteiger partial charge on any atom is -0.480 e. The van der Waals surface area contributed by atoms with E-state index in [9.17, 15) is 9.59 Å². The van der Waals surface area contributed by atoms with E-state index in [1.807, 2.05) is 0 Å². The molecule has 1 saturated heterocycles. The molecule has 1 aromatic carbocycles. The van der Waals surface area contributed by atoms with Crippen LogP contribution in [0.5, 0.6) is 0 Å². The molecule has 1 heterocycles. The van der Waals surface area contributed by atoms with Crippen LogP contribution in [0.2, 0.25) is 5.02 Å². The van der Waals surface area contributed by atoms with Crippen molar-refractivity contribution in [1.82, 2.24) is 4.90 Å². The lowest BCUT2D eigenvalue weighted by Crippen LogP contribution is -2.48. The van der Waals surface area contributed by atoms with Gasteiger partial charge in [0.15, 0.2) is 0 Å². The first-order chi connectivity index (χ1) is 9.99. The topological polar surface area (TPSA) is 60.9 Å². The number of amides is 1. The van der Waals surface area contributed by atoms with Crippen molar-refractivity contribution in [2.45, 2.75) is 25.8 Å². The molecule has 1 unspecified atom stereocenters. The van der Waals surface area contributed by atoms with Crippen molar-refractivity contribution in [1.29, 1.82) is 0 Å². The number of benzene rings is 1. The first-order valence-corrected chi connectivity index (χ1v) is 7.39. The second-order valence-electron chi connectivity index (χ2n) is 5.21. The summed E-state index contributed by atoms with van der Waals surface area (Å²) in [6.07, 6.45) is 2.02. The van der Waals surface area contributed by atoms with Crippen LogP contribution < -0.4 is 4.90 Å². The molecule has 0 aromatic heterocycles. The molecule has 0 spiro atoms. The molecule has 0 saturated carbocycles. The van der Waals surface area contributed by atoms with E-state index in [2.05, 4.69) is 0 Å². The van der Waals surface area contributed by atoms with Crippen LogP contribution in [0.3, 0.4) is 0 Å². The standard InChI is InChI=1S/C15H19ClN2O3/c1-11(15(21)17-7-2-3-8-17)18(10-14(19)20)13-6-4-5-12(16)9-13/h4-6,9,11H,2-3,7-8,10H2,1H3,(H,19,20). The fourth-order valence-electron chi connectivity index (χ4n) is 2.59. The number of carbonyl (C=O) groups excluding carboxylic acids is 1. The van der Waals surface area contributed by atoms with E-state index in [0.717, 1.165) is 25.9 Å². The molecule has 1 aromatic rings. The third-order valence-corrected chi connectivity index (χ3v) is 3.92. The van der Waals surface area contributed by atoms with Gasteiger partial charge in [-0.3, -0.25) is 9.59 Å². The van der Waals surface area contributed by atoms with Crippen molar-refractivity contribution in [3.63, 3.8) is 0 Å². The van der Waals surface area contributed by atoms with Gasteiger partial charge >= 0.3 is 5.97 Å². The number of aliphatic carboxylic acids is 1. The van der Waals surface area contributed by atoms with Gasteiger partial charge in [0.05, 0.1) is 0 Å². The molecule has 1 fully saturated rings. The summed E-state index contributed by atoms with van der Waals surface area (Å²) in [5.74, 6) is -1.01. The highest BCUT2D eigenvalue weighted by Crippen LogP contribution is 2.23. The first-order valence-electron chi connectivity index (χ1n) is 7.02. The fourth-order valence-corrected chi connectivity index (χ4v) is 2.77. The van der Waals surface area contributed by atoms with Crippen LogP contribution in [0.4, 0.5) is 5.69 Å². The highest BCUT2D eigenvalue weighted by atomic mass is 35.5. The van der Waals surface area contributed by atoms with Crippen LogP contribution in [0.25, 0.3) is 0 Å². The second-order valence-corrected chi connectivity index (χ2v) is 5.65. The zero-order valence-corrected chi connectivity index (χ0v) is 12.7. The molecule has 114 valence electrons. The van der Waals surface area contributed by atoms with E-state index in [1.54, 1.807) is 41.0 Å². The Bertz CT molecular complexity index is 529. The highest BCUT2D eigenvalue weighted by molar-refractivity contribution is 6.30. The fraction of sp³-hybridized carbons (Fsp3) is 0.467. The predicted octanol–water partition coefficient (Wildman–Crippen LogP) is 2.24. The maximum Gasteiger partial charge on any atom is 0.323 e. The number of anilines is 1. The van der Waals surface area contributed by atoms with Crippen molar-refractivity contribution >= 4 is 29.2 Å². The SMILES string of the molecule is CC(C(=O)N1CCCC1)N(CC(=O)O)c1cccc(Cl)c1. The van der Waals surface area contributed by atoms with Crippen molar-refractivity contribution in [3.8, 4) is 0 Å². The number of nitrogens with zero attached hydrogens (tertiary/aromatic N) is 2. The minimum atomic E-state index is -0.976. The van der Waals surface area contributed by atoms with Crippen LogP contribution >= 0.6 is 11.6 Å². The third-order valence-electron chi connectivity index (χ3n) is 3.69. The number of hydrogen-bond acceptors (Lipinski definition) is 3. The summed E-state index contributed by atoms with van der Waals surface area (Å²) in [6, 6.07) is 6.38. The molecule has 21 heavy (non-hydrogen) atoms. The van der Waals surface area contributed by atoms with Gasteiger partial charge in [0, 0.05) is 23.8 Å². The molecule has 1 aliphatic rings. The average molecular weight is 311 g/mol. The quantitative estimate of drug-likeness (QED) is 0.906. The normalized spacial score (nSPS) is 15.8. The number of rotatable bonds is 5. The monoisotopic (exact) mass is 310 g/mol. The molecule has 0 aliphatic carbocycles. The van der Waals surface area contributed by atoms with Gasteiger partial charge in [0.25, 0.3) is 0 Å². The molecule has 1 N–H and O–H groups in total. The number of likely N-dealkylation sites (tertiary alicyclic amines) is 1. The predicted molar refractivity (Wildman–Crippen MR) is 81.7 cm³/mol. The Balaban J connectivity index is 2.22. The number of hydrogen-bond donors (Lipinski definition) is 1. The summed E-state index contributed by atoms with van der Waals surface area (Å²) >= 11 is 5.97. The van der Waals surface area contributed by atoms with Gasteiger partial charge in [-0.2, -0.15) is 0 Å². The van der Waals surface area contributed by atoms with Crippen LogP contribution in [0.15, 0.2) is 24.3 Å². The maximum absolute atomic E-state index is 12.5. The van der Waals surface area contributed by atoms with Crippen LogP contribution in [0, 0.1) is 0 Å². The molecular weight excluding hydrogens is 292 g/mol. The molecule has 1 aliphatic heterocycles. The maximum atomic E-state index is 12.5. The summed E-state index contributed by atoms with van der Waals surface area (Å²) < 4.78 is 0. The zero-order valence-electron chi connectivity index (χ0n) is 12.0. The van der Waals surface area contributed by atoms with E-state index in [4.69, 9.17) is 16.7 Å². The summed E-state index contributed by atoms with van der Waals surface area (Å²) in [5, 5.41) is 9.63. The number of halogens is 1. The minimum absolute atomic E-state index is 0.0336. The Hall–Kier alpha value is -1.75. The Kier molecular flexibility index (Phi) is 5.07. The largest absolute Gasteiger partial charge is 0.480 e.